The van der Waals surface area contributed by atoms with E-state index >= 15 is 0 Å². The first-order valence-electron chi connectivity index (χ1n) is 12.7. The molecule has 0 amide bonds. The third-order valence-corrected chi connectivity index (χ3v) is 7.58. The average Bonchev–Trinajstić information content (AvgIpc) is 3.30. The molecule has 0 fully saturated rings. The molecule has 0 spiro atoms. The Labute approximate surface area is 244 Å². The van der Waals surface area contributed by atoms with Gasteiger partial charge in [0.15, 0.2) is 22.9 Å². The maximum atomic E-state index is 14.0. The molecule has 1 aromatic heterocycles. The number of thiazole rings is 1. The molecule has 4 aromatic rings. The van der Waals surface area contributed by atoms with Crippen LogP contribution in [0.25, 0.3) is 11.8 Å². The molecule has 10 heteroatoms. The van der Waals surface area contributed by atoms with Gasteiger partial charge in [0.2, 0.25) is 0 Å². The topological polar surface area (TPSA) is 103 Å². The molecule has 41 heavy (non-hydrogen) atoms. The van der Waals surface area contributed by atoms with Crippen molar-refractivity contribution in [2.75, 3.05) is 20.3 Å². The van der Waals surface area contributed by atoms with Gasteiger partial charge < -0.3 is 14.2 Å². The monoisotopic (exact) mass is 585 g/mol. The fourth-order valence-electron chi connectivity index (χ4n) is 4.61. The second-order valence-corrected chi connectivity index (χ2v) is 10.2. The van der Waals surface area contributed by atoms with Crippen LogP contribution in [0.2, 0.25) is 5.02 Å². The molecular weight excluding hydrogens is 562 g/mol. The Morgan fingerprint density at radius 1 is 1.15 bits per heavy atom. The number of benzene rings is 3. The maximum Gasteiger partial charge on any atom is 0.338 e. The summed E-state index contributed by atoms with van der Waals surface area (Å²) < 4.78 is 18.2. The smallest absolute Gasteiger partial charge is 0.338 e. The zero-order valence-electron chi connectivity index (χ0n) is 22.2. The van der Waals surface area contributed by atoms with E-state index in [2.05, 4.69) is 0 Å². The minimum atomic E-state index is -0.760. The third-order valence-electron chi connectivity index (χ3n) is 6.32. The summed E-state index contributed by atoms with van der Waals surface area (Å²) in [5, 5.41) is 9.11. The third kappa shape index (κ3) is 5.53. The number of ether oxygens (including phenoxy) is 3. The van der Waals surface area contributed by atoms with E-state index in [1.165, 1.54) is 23.0 Å². The van der Waals surface area contributed by atoms with Crippen LogP contribution in [0, 0.1) is 11.3 Å². The maximum absolute atomic E-state index is 14.0. The van der Waals surface area contributed by atoms with E-state index in [-0.39, 0.29) is 35.1 Å². The van der Waals surface area contributed by atoms with Crippen LogP contribution in [-0.2, 0) is 9.53 Å². The summed E-state index contributed by atoms with van der Waals surface area (Å²) in [7, 11) is 1.46. The number of hydrogen-bond donors (Lipinski definition) is 0. The van der Waals surface area contributed by atoms with Crippen LogP contribution in [0.3, 0.4) is 0 Å². The molecule has 1 aliphatic heterocycles. The van der Waals surface area contributed by atoms with Crippen LogP contribution in [0.15, 0.2) is 88.2 Å². The molecule has 1 aliphatic rings. The van der Waals surface area contributed by atoms with Crippen LogP contribution in [0.4, 0.5) is 0 Å². The number of hydrogen-bond acceptors (Lipinski definition) is 8. The lowest BCUT2D eigenvalue weighted by molar-refractivity contribution is -0.138. The lowest BCUT2D eigenvalue weighted by Crippen LogP contribution is -2.39. The van der Waals surface area contributed by atoms with Gasteiger partial charge in [-0.15, -0.1) is 0 Å². The largest absolute Gasteiger partial charge is 0.493 e. The molecule has 206 valence electrons. The predicted molar refractivity (Wildman–Crippen MR) is 157 cm³/mol. The summed E-state index contributed by atoms with van der Waals surface area (Å²) in [5.41, 5.74) is 2.48. The number of methoxy groups -OCH3 is 1. The predicted octanol–water partition coefficient (Wildman–Crippen LogP) is 4.50. The van der Waals surface area contributed by atoms with E-state index in [1.807, 2.05) is 66.7 Å². The Balaban J connectivity index is 1.76. The highest BCUT2D eigenvalue weighted by Gasteiger charge is 2.35. The van der Waals surface area contributed by atoms with Crippen LogP contribution in [0.1, 0.15) is 29.7 Å². The molecule has 0 saturated heterocycles. The number of carbonyl (C=O) groups is 1. The van der Waals surface area contributed by atoms with Gasteiger partial charge in [-0.1, -0.05) is 83.6 Å². The molecule has 0 aliphatic carbocycles. The van der Waals surface area contributed by atoms with Crippen molar-refractivity contribution in [2.24, 2.45) is 4.99 Å². The van der Waals surface area contributed by atoms with Gasteiger partial charge in [0.1, 0.15) is 6.07 Å². The van der Waals surface area contributed by atoms with Crippen molar-refractivity contribution in [3.05, 3.63) is 120 Å². The van der Waals surface area contributed by atoms with E-state index in [0.717, 1.165) is 11.1 Å². The fraction of sp³-hybridized carbons (Fsp3) is 0.161. The Morgan fingerprint density at radius 3 is 2.51 bits per heavy atom. The van der Waals surface area contributed by atoms with Crippen LogP contribution in [0.5, 0.6) is 11.5 Å². The van der Waals surface area contributed by atoms with Gasteiger partial charge in [0.05, 0.1) is 40.6 Å². The van der Waals surface area contributed by atoms with Gasteiger partial charge >= 0.3 is 5.97 Å². The first kappa shape index (κ1) is 27.9. The Morgan fingerprint density at radius 2 is 1.85 bits per heavy atom. The Hall–Kier alpha value is -4.65. The van der Waals surface area contributed by atoms with Crippen molar-refractivity contribution >= 4 is 40.7 Å². The fourth-order valence-corrected chi connectivity index (χ4v) is 5.88. The second kappa shape index (κ2) is 12.3. The molecule has 2 heterocycles. The minimum absolute atomic E-state index is 0.174. The molecule has 8 nitrogen and oxygen atoms in total. The number of fused-ring (bicyclic) bond motifs is 1. The highest BCUT2D eigenvalue weighted by Crippen LogP contribution is 2.37. The number of nitriles is 1. The van der Waals surface area contributed by atoms with Crippen molar-refractivity contribution in [3.63, 3.8) is 0 Å². The minimum Gasteiger partial charge on any atom is -0.493 e. The van der Waals surface area contributed by atoms with Crippen molar-refractivity contribution < 1.29 is 19.0 Å². The number of esters is 1. The molecule has 0 saturated carbocycles. The molecular formula is C31H24ClN3O5S. The summed E-state index contributed by atoms with van der Waals surface area (Å²) in [6.07, 6.45) is 1.69. The number of halogens is 1. The first-order chi connectivity index (χ1) is 20.0. The van der Waals surface area contributed by atoms with Gasteiger partial charge in [-0.25, -0.2) is 9.79 Å². The molecule has 1 atom stereocenters. The van der Waals surface area contributed by atoms with E-state index in [9.17, 15) is 9.59 Å². The van der Waals surface area contributed by atoms with E-state index in [0.29, 0.717) is 26.3 Å². The quantitative estimate of drug-likeness (QED) is 0.282. The van der Waals surface area contributed by atoms with Gasteiger partial charge in [-0.2, -0.15) is 5.26 Å². The van der Waals surface area contributed by atoms with Gasteiger partial charge in [0, 0.05) is 5.56 Å². The van der Waals surface area contributed by atoms with Gasteiger partial charge in [-0.3, -0.25) is 9.36 Å². The van der Waals surface area contributed by atoms with E-state index < -0.39 is 12.0 Å². The van der Waals surface area contributed by atoms with Crippen LogP contribution >= 0.6 is 22.9 Å². The summed E-state index contributed by atoms with van der Waals surface area (Å²) in [6.45, 7) is 1.72. The summed E-state index contributed by atoms with van der Waals surface area (Å²) >= 11 is 7.64. The lowest BCUT2D eigenvalue weighted by atomic mass is 9.93. The van der Waals surface area contributed by atoms with Crippen molar-refractivity contribution in [3.8, 4) is 17.6 Å². The van der Waals surface area contributed by atoms with Crippen LogP contribution < -0.4 is 24.4 Å². The Bertz CT molecular complexity index is 1860. The van der Waals surface area contributed by atoms with Gasteiger partial charge in [0.25, 0.3) is 5.56 Å². The molecule has 5 rings (SSSR count). The zero-order valence-corrected chi connectivity index (χ0v) is 23.7. The first-order valence-corrected chi connectivity index (χ1v) is 13.9. The van der Waals surface area contributed by atoms with Crippen molar-refractivity contribution in [1.82, 2.24) is 4.57 Å². The number of rotatable bonds is 8. The van der Waals surface area contributed by atoms with Gasteiger partial charge in [-0.05, 0) is 36.3 Å². The zero-order chi connectivity index (χ0) is 28.9. The molecule has 0 radical (unpaired) electrons. The highest BCUT2D eigenvalue weighted by atomic mass is 35.5. The van der Waals surface area contributed by atoms with E-state index in [1.54, 1.807) is 25.1 Å². The summed E-state index contributed by atoms with van der Waals surface area (Å²) in [6, 6.07) is 23.2. The number of carbonyl (C=O) groups excluding carboxylic acids is 1. The Kier molecular flexibility index (Phi) is 8.34. The second-order valence-electron chi connectivity index (χ2n) is 8.82. The number of nitrogens with zero attached hydrogens (tertiary/aromatic N) is 3. The standard InChI is InChI=1S/C31H24ClN3O5S/c1-3-39-30(37)25-26(20-10-6-4-7-11-20)34-31-35(27(25)21-12-8-5-9-13-21)29(36)24(41-31)18-19-16-22(32)28(40-15-14-33)23(17-19)38-2/h4-13,16-18,27H,3,15H2,1-2H3/b24-18-/t27-/m0/s1. The summed E-state index contributed by atoms with van der Waals surface area (Å²) in [5.74, 6) is 0.0256. The summed E-state index contributed by atoms with van der Waals surface area (Å²) in [4.78, 5) is 32.8. The molecule has 0 unspecified atom stereocenters. The lowest BCUT2D eigenvalue weighted by Gasteiger charge is -2.25. The van der Waals surface area contributed by atoms with Crippen molar-refractivity contribution in [1.29, 1.82) is 5.26 Å². The molecule has 3 aromatic carbocycles. The average molecular weight is 586 g/mol. The number of aromatic nitrogens is 1. The van der Waals surface area contributed by atoms with Crippen LogP contribution in [-0.4, -0.2) is 30.9 Å². The SMILES string of the molecule is CCOC(=O)C1=C(c2ccccc2)N=c2s/c(=C\c3cc(Cl)c(OCC#N)c(OC)c3)c(=O)n2[C@H]1c1ccccc1. The normalized spacial score (nSPS) is 14.6. The molecule has 0 bridgehead atoms. The van der Waals surface area contributed by atoms with E-state index in [4.69, 9.17) is 36.1 Å². The molecule has 0 N–H and O–H groups in total. The highest BCUT2D eigenvalue weighted by molar-refractivity contribution is 7.07. The van der Waals surface area contributed by atoms with Crippen molar-refractivity contribution in [2.45, 2.75) is 13.0 Å².